The molecule has 1 N–H and O–H groups in total. The van der Waals surface area contributed by atoms with Crippen molar-refractivity contribution in [3.05, 3.63) is 52.1 Å². The number of nitrogens with zero attached hydrogens (tertiary/aromatic N) is 3. The summed E-state index contributed by atoms with van der Waals surface area (Å²) in [6.07, 6.45) is 0. The van der Waals surface area contributed by atoms with Gasteiger partial charge >= 0.3 is 5.97 Å². The van der Waals surface area contributed by atoms with Gasteiger partial charge in [0.05, 0.1) is 36.1 Å². The van der Waals surface area contributed by atoms with E-state index in [1.54, 1.807) is 9.58 Å². The van der Waals surface area contributed by atoms with Crippen LogP contribution in [0.1, 0.15) is 43.7 Å². The van der Waals surface area contributed by atoms with Gasteiger partial charge in [-0.05, 0) is 32.0 Å². The molecule has 0 spiro atoms. The van der Waals surface area contributed by atoms with Crippen molar-refractivity contribution in [3.63, 3.8) is 0 Å². The zero-order valence-corrected chi connectivity index (χ0v) is 14.8. The molecule has 8 heteroatoms. The third-order valence-electron chi connectivity index (χ3n) is 4.73. The molecule has 2 heterocycles. The van der Waals surface area contributed by atoms with Crippen molar-refractivity contribution in [2.45, 2.75) is 19.9 Å². The predicted molar refractivity (Wildman–Crippen MR) is 90.6 cm³/mol. The van der Waals surface area contributed by atoms with Gasteiger partial charge in [0.15, 0.2) is 0 Å². The number of benzene rings is 1. The van der Waals surface area contributed by atoms with Crippen molar-refractivity contribution >= 4 is 11.9 Å². The number of ether oxygens (including phenoxy) is 1. The highest BCUT2D eigenvalue weighted by Gasteiger charge is 2.34. The highest BCUT2D eigenvalue weighted by molar-refractivity contribution is 5.96. The number of halogens is 1. The minimum Gasteiger partial charge on any atom is -0.478 e. The summed E-state index contributed by atoms with van der Waals surface area (Å²) in [5.74, 6) is -2.58. The number of carboxylic acids is 1. The first kappa shape index (κ1) is 18.1. The van der Waals surface area contributed by atoms with Gasteiger partial charge in [0.25, 0.3) is 5.91 Å². The molecular formula is C18H20FN3O4. The van der Waals surface area contributed by atoms with Gasteiger partial charge in [0.2, 0.25) is 0 Å². The molecule has 2 aromatic rings. The van der Waals surface area contributed by atoms with E-state index in [4.69, 9.17) is 9.84 Å². The fourth-order valence-electron chi connectivity index (χ4n) is 3.33. The summed E-state index contributed by atoms with van der Waals surface area (Å²) >= 11 is 0. The standard InChI is InChI=1S/C18H20FN3O4/c1-10-16(11(2)21(3)20-10)15-9-26-7-6-22(15)17(23)13-5-4-12(18(24)25)8-14(13)19/h4-5,8,15H,6-7,9H2,1-3H3,(H,24,25). The molecule has 3 rings (SSSR count). The van der Waals surface area contributed by atoms with Crippen molar-refractivity contribution < 1.29 is 23.8 Å². The number of amides is 1. The number of aromatic carboxylic acids is 1. The van der Waals surface area contributed by atoms with Crippen LogP contribution in [0.3, 0.4) is 0 Å². The lowest BCUT2D eigenvalue weighted by atomic mass is 10.0. The minimum absolute atomic E-state index is 0.152. The van der Waals surface area contributed by atoms with Gasteiger partial charge in [-0.3, -0.25) is 9.48 Å². The molecule has 1 atom stereocenters. The Morgan fingerprint density at radius 1 is 1.35 bits per heavy atom. The average molecular weight is 361 g/mol. The monoisotopic (exact) mass is 361 g/mol. The van der Waals surface area contributed by atoms with Crippen LogP contribution in [-0.2, 0) is 11.8 Å². The molecule has 1 unspecified atom stereocenters. The average Bonchev–Trinajstić information content (AvgIpc) is 2.86. The van der Waals surface area contributed by atoms with Gasteiger partial charge < -0.3 is 14.7 Å². The number of hydrogen-bond acceptors (Lipinski definition) is 4. The second-order valence-electron chi connectivity index (χ2n) is 6.30. The Kier molecular flexibility index (Phi) is 4.78. The van der Waals surface area contributed by atoms with Crippen molar-refractivity contribution in [3.8, 4) is 0 Å². The van der Waals surface area contributed by atoms with Crippen LogP contribution >= 0.6 is 0 Å². The first-order valence-electron chi connectivity index (χ1n) is 8.23. The number of aromatic nitrogens is 2. The molecule has 1 fully saturated rings. The summed E-state index contributed by atoms with van der Waals surface area (Å²) in [4.78, 5) is 25.5. The Bertz CT molecular complexity index is 878. The summed E-state index contributed by atoms with van der Waals surface area (Å²) in [7, 11) is 1.83. The zero-order chi connectivity index (χ0) is 19.0. The summed E-state index contributed by atoms with van der Waals surface area (Å²) in [6.45, 7) is 4.75. The van der Waals surface area contributed by atoms with Gasteiger partial charge in [0.1, 0.15) is 5.82 Å². The van der Waals surface area contributed by atoms with E-state index in [1.807, 2.05) is 20.9 Å². The van der Waals surface area contributed by atoms with Gasteiger partial charge in [-0.1, -0.05) is 0 Å². The quantitative estimate of drug-likeness (QED) is 0.905. The van der Waals surface area contributed by atoms with Crippen molar-refractivity contribution in [2.75, 3.05) is 19.8 Å². The number of carboxylic acid groups (broad SMARTS) is 1. The fraction of sp³-hybridized carbons (Fsp3) is 0.389. The van der Waals surface area contributed by atoms with Crippen LogP contribution < -0.4 is 0 Å². The second kappa shape index (κ2) is 6.87. The van der Waals surface area contributed by atoms with E-state index in [1.165, 1.54) is 12.1 Å². The predicted octanol–water partition coefficient (Wildman–Crippen LogP) is 2.09. The smallest absolute Gasteiger partial charge is 0.335 e. The molecule has 0 aliphatic carbocycles. The lowest BCUT2D eigenvalue weighted by Crippen LogP contribution is -2.44. The topological polar surface area (TPSA) is 84.7 Å². The Morgan fingerprint density at radius 2 is 2.08 bits per heavy atom. The molecule has 1 amide bonds. The molecule has 26 heavy (non-hydrogen) atoms. The molecule has 1 aromatic heterocycles. The van der Waals surface area contributed by atoms with Gasteiger partial charge in [-0.15, -0.1) is 0 Å². The number of aryl methyl sites for hydroxylation is 2. The second-order valence-corrected chi connectivity index (χ2v) is 6.30. The van der Waals surface area contributed by atoms with E-state index in [2.05, 4.69) is 5.10 Å². The Labute approximate surface area is 150 Å². The van der Waals surface area contributed by atoms with E-state index in [9.17, 15) is 14.0 Å². The molecule has 7 nitrogen and oxygen atoms in total. The molecule has 0 saturated carbocycles. The van der Waals surface area contributed by atoms with Crippen LogP contribution in [0.4, 0.5) is 4.39 Å². The number of hydrogen-bond donors (Lipinski definition) is 1. The maximum atomic E-state index is 14.3. The van der Waals surface area contributed by atoms with Gasteiger partial charge in [-0.2, -0.15) is 5.10 Å². The molecule has 1 aliphatic heterocycles. The molecule has 1 saturated heterocycles. The number of rotatable bonds is 3. The lowest BCUT2D eigenvalue weighted by Gasteiger charge is -2.36. The van der Waals surface area contributed by atoms with E-state index in [0.29, 0.717) is 19.8 Å². The van der Waals surface area contributed by atoms with Crippen LogP contribution in [0.2, 0.25) is 0 Å². The van der Waals surface area contributed by atoms with Crippen LogP contribution in [-0.4, -0.2) is 51.4 Å². The van der Waals surface area contributed by atoms with Crippen LogP contribution in [0.15, 0.2) is 18.2 Å². The fourth-order valence-corrected chi connectivity index (χ4v) is 3.33. The third kappa shape index (κ3) is 3.08. The first-order chi connectivity index (χ1) is 12.3. The number of carbonyl (C=O) groups excluding carboxylic acids is 1. The van der Waals surface area contributed by atoms with E-state index < -0.39 is 17.7 Å². The molecule has 0 radical (unpaired) electrons. The number of carbonyl (C=O) groups is 2. The Morgan fingerprint density at radius 3 is 2.65 bits per heavy atom. The van der Waals surface area contributed by atoms with E-state index in [-0.39, 0.29) is 17.2 Å². The van der Waals surface area contributed by atoms with Gasteiger partial charge in [-0.25, -0.2) is 9.18 Å². The molecule has 0 bridgehead atoms. The SMILES string of the molecule is Cc1nn(C)c(C)c1C1COCCN1C(=O)c1ccc(C(=O)O)cc1F. The normalized spacial score (nSPS) is 17.4. The maximum absolute atomic E-state index is 14.3. The summed E-state index contributed by atoms with van der Waals surface area (Å²) in [5.41, 5.74) is 2.25. The largest absolute Gasteiger partial charge is 0.478 e. The third-order valence-corrected chi connectivity index (χ3v) is 4.73. The van der Waals surface area contributed by atoms with Crippen LogP contribution in [0, 0.1) is 19.7 Å². The van der Waals surface area contributed by atoms with Crippen LogP contribution in [0.25, 0.3) is 0 Å². The molecule has 1 aliphatic rings. The number of morpholine rings is 1. The van der Waals surface area contributed by atoms with Crippen LogP contribution in [0.5, 0.6) is 0 Å². The summed E-state index contributed by atoms with van der Waals surface area (Å²) in [6, 6.07) is 2.94. The zero-order valence-electron chi connectivity index (χ0n) is 14.8. The highest BCUT2D eigenvalue weighted by Crippen LogP contribution is 2.30. The molecule has 1 aromatic carbocycles. The van der Waals surface area contributed by atoms with Crippen molar-refractivity contribution in [1.29, 1.82) is 0 Å². The first-order valence-corrected chi connectivity index (χ1v) is 8.23. The highest BCUT2D eigenvalue weighted by atomic mass is 19.1. The van der Waals surface area contributed by atoms with E-state index >= 15 is 0 Å². The van der Waals surface area contributed by atoms with Gasteiger partial charge in [0, 0.05) is 24.8 Å². The minimum atomic E-state index is -1.24. The maximum Gasteiger partial charge on any atom is 0.335 e. The lowest BCUT2D eigenvalue weighted by molar-refractivity contribution is -0.00329. The Balaban J connectivity index is 1.98. The summed E-state index contributed by atoms with van der Waals surface area (Å²) in [5, 5.41) is 13.3. The van der Waals surface area contributed by atoms with Crippen molar-refractivity contribution in [1.82, 2.24) is 14.7 Å². The molecule has 138 valence electrons. The van der Waals surface area contributed by atoms with E-state index in [0.717, 1.165) is 23.0 Å². The summed E-state index contributed by atoms with van der Waals surface area (Å²) < 4.78 is 21.6. The van der Waals surface area contributed by atoms with Crippen molar-refractivity contribution in [2.24, 2.45) is 7.05 Å². The Hall–Kier alpha value is -2.74. The molecular weight excluding hydrogens is 341 g/mol.